The van der Waals surface area contributed by atoms with Crippen LogP contribution in [0.3, 0.4) is 0 Å². The molecule has 1 unspecified atom stereocenters. The quantitative estimate of drug-likeness (QED) is 0.777. The molecule has 2 amide bonds. The third-order valence-corrected chi connectivity index (χ3v) is 4.90. The number of nitrogens with zero attached hydrogens (tertiary/aromatic N) is 5. The van der Waals surface area contributed by atoms with Gasteiger partial charge >= 0.3 is 0 Å². The van der Waals surface area contributed by atoms with Gasteiger partial charge in [0.05, 0.1) is 5.56 Å². The second-order valence-electron chi connectivity index (χ2n) is 7.12. The van der Waals surface area contributed by atoms with Gasteiger partial charge in [0.25, 0.3) is 5.91 Å². The molecule has 1 saturated heterocycles. The van der Waals surface area contributed by atoms with Crippen molar-refractivity contribution in [3.8, 4) is 0 Å². The molecule has 148 valence electrons. The van der Waals surface area contributed by atoms with E-state index >= 15 is 0 Å². The van der Waals surface area contributed by atoms with E-state index in [9.17, 15) is 9.59 Å². The minimum Gasteiger partial charge on any atom is -0.368 e. The van der Waals surface area contributed by atoms with Crippen LogP contribution in [0.25, 0.3) is 0 Å². The lowest BCUT2D eigenvalue weighted by atomic mass is 10.1. The van der Waals surface area contributed by atoms with Crippen LogP contribution in [0.5, 0.6) is 0 Å². The molecule has 2 aromatic rings. The van der Waals surface area contributed by atoms with Crippen LogP contribution in [0, 0.1) is 0 Å². The zero-order valence-corrected chi connectivity index (χ0v) is 16.3. The number of benzene rings is 1. The number of hydrogen-bond donors (Lipinski definition) is 1. The smallest absolute Gasteiger partial charge is 0.257 e. The third kappa shape index (κ3) is 4.64. The molecule has 2 N–H and O–H groups in total. The topological polar surface area (TPSA) is 95.7 Å². The van der Waals surface area contributed by atoms with Gasteiger partial charge in [0.2, 0.25) is 11.9 Å². The normalized spacial score (nSPS) is 17.4. The number of anilines is 1. The van der Waals surface area contributed by atoms with Crippen molar-refractivity contribution in [2.45, 2.75) is 12.5 Å². The SMILES string of the molecule is CN(C)c1ncc(C(=O)N2CCN(CCc3ccccc3)CC2C(N)=O)cn1. The van der Waals surface area contributed by atoms with E-state index < -0.39 is 11.9 Å². The summed E-state index contributed by atoms with van der Waals surface area (Å²) in [5.74, 6) is -0.242. The van der Waals surface area contributed by atoms with Crippen LogP contribution in [0.2, 0.25) is 0 Å². The van der Waals surface area contributed by atoms with Gasteiger partial charge < -0.3 is 15.5 Å². The number of piperazine rings is 1. The Labute approximate surface area is 165 Å². The van der Waals surface area contributed by atoms with Crippen LogP contribution in [-0.2, 0) is 11.2 Å². The van der Waals surface area contributed by atoms with Gasteiger partial charge in [-0.2, -0.15) is 0 Å². The molecule has 1 aliphatic heterocycles. The zero-order valence-electron chi connectivity index (χ0n) is 16.3. The second-order valence-corrected chi connectivity index (χ2v) is 7.12. The van der Waals surface area contributed by atoms with Crippen molar-refractivity contribution < 1.29 is 9.59 Å². The summed E-state index contributed by atoms with van der Waals surface area (Å²) >= 11 is 0. The number of hydrogen-bond acceptors (Lipinski definition) is 6. The summed E-state index contributed by atoms with van der Waals surface area (Å²) in [5, 5.41) is 0. The molecule has 0 saturated carbocycles. The van der Waals surface area contributed by atoms with E-state index in [-0.39, 0.29) is 5.91 Å². The lowest BCUT2D eigenvalue weighted by Crippen LogP contribution is -2.60. The number of primary amides is 1. The Morgan fingerprint density at radius 1 is 1.14 bits per heavy atom. The molecular weight excluding hydrogens is 356 g/mol. The number of nitrogens with two attached hydrogens (primary N) is 1. The average Bonchev–Trinajstić information content (AvgIpc) is 2.72. The van der Waals surface area contributed by atoms with E-state index in [4.69, 9.17) is 5.73 Å². The molecule has 1 aromatic heterocycles. The summed E-state index contributed by atoms with van der Waals surface area (Å²) in [6.45, 7) is 2.39. The van der Waals surface area contributed by atoms with Crippen LogP contribution in [-0.4, -0.2) is 77.9 Å². The average molecular weight is 382 g/mol. The highest BCUT2D eigenvalue weighted by Crippen LogP contribution is 2.15. The molecule has 1 atom stereocenters. The fourth-order valence-electron chi connectivity index (χ4n) is 3.29. The van der Waals surface area contributed by atoms with E-state index in [1.165, 1.54) is 22.9 Å². The minimum absolute atomic E-state index is 0.267. The minimum atomic E-state index is -0.662. The number of carbonyl (C=O) groups is 2. The first kappa shape index (κ1) is 19.8. The molecule has 8 nitrogen and oxygen atoms in total. The van der Waals surface area contributed by atoms with Crippen molar-refractivity contribution in [3.05, 3.63) is 53.9 Å². The van der Waals surface area contributed by atoms with Crippen molar-refractivity contribution >= 4 is 17.8 Å². The van der Waals surface area contributed by atoms with Gasteiger partial charge in [-0.1, -0.05) is 30.3 Å². The lowest BCUT2D eigenvalue weighted by Gasteiger charge is -2.39. The van der Waals surface area contributed by atoms with Gasteiger partial charge in [0, 0.05) is 52.7 Å². The monoisotopic (exact) mass is 382 g/mol. The molecule has 0 bridgehead atoms. The second kappa shape index (κ2) is 8.79. The standard InChI is InChI=1S/C20H26N6O2/c1-24(2)20-22-12-16(13-23-20)19(28)26-11-10-25(14-17(26)18(21)27)9-8-15-6-4-3-5-7-15/h3-7,12-13,17H,8-11,14H2,1-2H3,(H2,21,27). The molecule has 3 rings (SSSR count). The predicted molar refractivity (Wildman–Crippen MR) is 107 cm³/mol. The van der Waals surface area contributed by atoms with E-state index in [2.05, 4.69) is 27.0 Å². The van der Waals surface area contributed by atoms with Gasteiger partial charge in [-0.3, -0.25) is 14.5 Å². The fraction of sp³-hybridized carbons (Fsp3) is 0.400. The predicted octanol–water partition coefficient (Wildman–Crippen LogP) is 0.397. The fourth-order valence-corrected chi connectivity index (χ4v) is 3.29. The highest BCUT2D eigenvalue weighted by molar-refractivity contribution is 5.97. The molecule has 0 radical (unpaired) electrons. The van der Waals surface area contributed by atoms with E-state index in [1.807, 2.05) is 32.3 Å². The van der Waals surface area contributed by atoms with Gasteiger partial charge in [-0.25, -0.2) is 9.97 Å². The van der Waals surface area contributed by atoms with E-state index in [0.29, 0.717) is 31.1 Å². The van der Waals surface area contributed by atoms with E-state index in [1.54, 1.807) is 4.90 Å². The summed E-state index contributed by atoms with van der Waals surface area (Å²) in [6, 6.07) is 9.53. The Morgan fingerprint density at radius 2 is 1.82 bits per heavy atom. The lowest BCUT2D eigenvalue weighted by molar-refractivity contribution is -0.124. The molecule has 1 aliphatic rings. The largest absolute Gasteiger partial charge is 0.368 e. The van der Waals surface area contributed by atoms with Gasteiger partial charge in [0.1, 0.15) is 6.04 Å². The molecule has 28 heavy (non-hydrogen) atoms. The van der Waals surface area contributed by atoms with Gasteiger partial charge in [-0.15, -0.1) is 0 Å². The van der Waals surface area contributed by atoms with E-state index in [0.717, 1.165) is 13.0 Å². The third-order valence-electron chi connectivity index (χ3n) is 4.90. The van der Waals surface area contributed by atoms with Crippen molar-refractivity contribution in [1.29, 1.82) is 0 Å². The Balaban J connectivity index is 1.65. The highest BCUT2D eigenvalue weighted by Gasteiger charge is 2.34. The Hall–Kier alpha value is -3.00. The first-order valence-corrected chi connectivity index (χ1v) is 9.31. The summed E-state index contributed by atoms with van der Waals surface area (Å²) in [4.78, 5) is 38.8. The summed E-state index contributed by atoms with van der Waals surface area (Å²) < 4.78 is 0. The zero-order chi connectivity index (χ0) is 20.1. The first-order chi connectivity index (χ1) is 13.5. The molecule has 8 heteroatoms. The van der Waals surface area contributed by atoms with Crippen molar-refractivity contribution in [3.63, 3.8) is 0 Å². The number of rotatable bonds is 6. The number of carbonyl (C=O) groups excluding carboxylic acids is 2. The van der Waals surface area contributed by atoms with Crippen LogP contribution < -0.4 is 10.6 Å². The number of amides is 2. The molecule has 0 aliphatic carbocycles. The molecule has 1 aromatic carbocycles. The van der Waals surface area contributed by atoms with Crippen molar-refractivity contribution in [2.24, 2.45) is 5.73 Å². The Bertz CT molecular complexity index is 809. The molecule has 0 spiro atoms. The van der Waals surface area contributed by atoms with Crippen LogP contribution in [0.15, 0.2) is 42.7 Å². The van der Waals surface area contributed by atoms with Crippen LogP contribution >= 0.6 is 0 Å². The first-order valence-electron chi connectivity index (χ1n) is 9.31. The van der Waals surface area contributed by atoms with Crippen LogP contribution in [0.1, 0.15) is 15.9 Å². The maximum absolute atomic E-state index is 12.9. The Morgan fingerprint density at radius 3 is 2.43 bits per heavy atom. The Kier molecular flexibility index (Phi) is 6.20. The summed E-state index contributed by atoms with van der Waals surface area (Å²) in [5.41, 5.74) is 7.21. The van der Waals surface area contributed by atoms with Gasteiger partial charge in [0.15, 0.2) is 0 Å². The molecular formula is C20H26N6O2. The molecule has 1 fully saturated rings. The maximum Gasteiger partial charge on any atom is 0.257 e. The maximum atomic E-state index is 12.9. The van der Waals surface area contributed by atoms with Crippen LogP contribution in [0.4, 0.5) is 5.95 Å². The summed E-state index contributed by atoms with van der Waals surface area (Å²) in [7, 11) is 3.66. The number of aromatic nitrogens is 2. The highest BCUT2D eigenvalue weighted by atomic mass is 16.2. The van der Waals surface area contributed by atoms with Crippen molar-refractivity contribution in [1.82, 2.24) is 19.8 Å². The molecule has 2 heterocycles. The van der Waals surface area contributed by atoms with Gasteiger partial charge in [-0.05, 0) is 12.0 Å². The van der Waals surface area contributed by atoms with Crippen molar-refractivity contribution in [2.75, 3.05) is 45.2 Å². The summed E-state index contributed by atoms with van der Waals surface area (Å²) in [6.07, 6.45) is 3.87.